The van der Waals surface area contributed by atoms with E-state index in [0.29, 0.717) is 16.0 Å². The van der Waals surface area contributed by atoms with Crippen LogP contribution < -0.4 is 10.6 Å². The second-order valence-electron chi connectivity index (χ2n) is 4.19. The van der Waals surface area contributed by atoms with E-state index in [-0.39, 0.29) is 11.6 Å². The number of benzene rings is 1. The van der Waals surface area contributed by atoms with Gasteiger partial charge >= 0.3 is 0 Å². The molecular formula is C14H13BrFN3O. The Labute approximate surface area is 124 Å². The van der Waals surface area contributed by atoms with Gasteiger partial charge in [-0.25, -0.2) is 9.37 Å². The molecule has 0 atom stereocenters. The van der Waals surface area contributed by atoms with Crippen molar-refractivity contribution in [3.05, 3.63) is 51.9 Å². The summed E-state index contributed by atoms with van der Waals surface area (Å²) in [6, 6.07) is 7.96. The Morgan fingerprint density at radius 3 is 2.80 bits per heavy atom. The molecule has 0 bridgehead atoms. The van der Waals surface area contributed by atoms with Crippen LogP contribution in [0.4, 0.5) is 15.9 Å². The first-order chi connectivity index (χ1) is 9.51. The summed E-state index contributed by atoms with van der Waals surface area (Å²) in [6.45, 7) is 1.79. The van der Waals surface area contributed by atoms with Crippen molar-refractivity contribution in [2.45, 2.75) is 6.92 Å². The number of nitrogens with one attached hydrogen (secondary N) is 2. The first-order valence-corrected chi connectivity index (χ1v) is 6.72. The molecule has 0 spiro atoms. The fourth-order valence-corrected chi connectivity index (χ4v) is 2.13. The van der Waals surface area contributed by atoms with Gasteiger partial charge in [0.2, 0.25) is 0 Å². The van der Waals surface area contributed by atoms with E-state index < -0.39 is 5.82 Å². The second-order valence-corrected chi connectivity index (χ2v) is 5.05. The maximum atomic E-state index is 13.5. The molecule has 104 valence electrons. The lowest BCUT2D eigenvalue weighted by Gasteiger charge is -2.09. The number of hydrogen-bond acceptors (Lipinski definition) is 3. The minimum Gasteiger partial charge on any atom is -0.373 e. The Bertz CT molecular complexity index is 661. The van der Waals surface area contributed by atoms with Crippen LogP contribution in [0, 0.1) is 12.7 Å². The maximum absolute atomic E-state index is 13.5. The number of anilines is 2. The Hall–Kier alpha value is -1.95. The quantitative estimate of drug-likeness (QED) is 0.899. The first-order valence-electron chi connectivity index (χ1n) is 5.93. The molecule has 0 aliphatic rings. The van der Waals surface area contributed by atoms with Gasteiger partial charge in [0.1, 0.15) is 17.3 Å². The van der Waals surface area contributed by atoms with Crippen LogP contribution in [0.25, 0.3) is 0 Å². The summed E-state index contributed by atoms with van der Waals surface area (Å²) in [5.74, 6) is -0.217. The summed E-state index contributed by atoms with van der Waals surface area (Å²) in [5, 5.41) is 5.51. The van der Waals surface area contributed by atoms with Gasteiger partial charge in [0.05, 0.1) is 4.47 Å². The molecule has 0 unspecified atom stereocenters. The number of aromatic nitrogens is 1. The van der Waals surface area contributed by atoms with Gasteiger partial charge < -0.3 is 10.6 Å². The smallest absolute Gasteiger partial charge is 0.274 e. The van der Waals surface area contributed by atoms with Crippen molar-refractivity contribution in [1.82, 2.24) is 4.98 Å². The van der Waals surface area contributed by atoms with Crippen LogP contribution >= 0.6 is 15.9 Å². The lowest BCUT2D eigenvalue weighted by Crippen LogP contribution is -2.15. The minimum absolute atomic E-state index is 0.263. The van der Waals surface area contributed by atoms with Crippen LogP contribution in [-0.4, -0.2) is 17.9 Å². The lowest BCUT2D eigenvalue weighted by atomic mass is 10.2. The summed E-state index contributed by atoms with van der Waals surface area (Å²) in [6.07, 6.45) is 0. The molecular weight excluding hydrogens is 325 g/mol. The number of halogens is 2. The highest BCUT2D eigenvalue weighted by Crippen LogP contribution is 2.24. The molecule has 2 aromatic rings. The first kappa shape index (κ1) is 14.5. The van der Waals surface area contributed by atoms with Crippen LogP contribution in [0.15, 0.2) is 34.8 Å². The summed E-state index contributed by atoms with van der Waals surface area (Å²) >= 11 is 3.10. The molecule has 20 heavy (non-hydrogen) atoms. The van der Waals surface area contributed by atoms with Crippen molar-refractivity contribution in [3.63, 3.8) is 0 Å². The van der Waals surface area contributed by atoms with Crippen molar-refractivity contribution in [3.8, 4) is 0 Å². The highest BCUT2D eigenvalue weighted by atomic mass is 79.9. The molecule has 0 aliphatic carbocycles. The van der Waals surface area contributed by atoms with Crippen molar-refractivity contribution in [2.75, 3.05) is 17.7 Å². The minimum atomic E-state index is -0.428. The van der Waals surface area contributed by atoms with E-state index in [9.17, 15) is 9.18 Å². The third kappa shape index (κ3) is 3.14. The number of amides is 1. The van der Waals surface area contributed by atoms with Crippen molar-refractivity contribution >= 4 is 33.3 Å². The van der Waals surface area contributed by atoms with E-state index in [1.165, 1.54) is 6.07 Å². The van der Waals surface area contributed by atoms with E-state index in [4.69, 9.17) is 0 Å². The Kier molecular flexibility index (Phi) is 4.34. The average molecular weight is 338 g/mol. The molecule has 6 heteroatoms. The number of carbonyl (C=O) groups excluding carboxylic acids is 1. The molecule has 0 radical (unpaired) electrons. The predicted molar refractivity (Wildman–Crippen MR) is 80.6 cm³/mol. The third-order valence-corrected chi connectivity index (χ3v) is 3.36. The third-order valence-electron chi connectivity index (χ3n) is 2.75. The van der Waals surface area contributed by atoms with Crippen LogP contribution in [-0.2, 0) is 0 Å². The highest BCUT2D eigenvalue weighted by molar-refractivity contribution is 9.10. The number of nitrogens with zero attached hydrogens (tertiary/aromatic N) is 1. The van der Waals surface area contributed by atoms with Crippen LogP contribution in [0.5, 0.6) is 0 Å². The number of pyridine rings is 1. The molecule has 0 fully saturated rings. The van der Waals surface area contributed by atoms with E-state index in [0.717, 1.165) is 5.56 Å². The normalized spacial score (nSPS) is 10.2. The molecule has 1 amide bonds. The van der Waals surface area contributed by atoms with Gasteiger partial charge in [0, 0.05) is 12.7 Å². The molecule has 0 saturated carbocycles. The Morgan fingerprint density at radius 1 is 1.35 bits per heavy atom. The predicted octanol–water partition coefficient (Wildman–Crippen LogP) is 3.59. The standard InChI is InChI=1S/C14H13BrFN3O/c1-8-6-9(15)10(16)7-12(8)19-14(20)11-4-3-5-13(17-2)18-11/h3-7H,1-2H3,(H,17,18)(H,19,20). The SMILES string of the molecule is CNc1cccc(C(=O)Nc2cc(F)c(Br)cc2C)n1. The molecule has 1 aromatic carbocycles. The van der Waals surface area contributed by atoms with Gasteiger partial charge in [0.15, 0.2) is 0 Å². The number of hydrogen-bond donors (Lipinski definition) is 2. The van der Waals surface area contributed by atoms with Gasteiger partial charge in [-0.1, -0.05) is 6.07 Å². The zero-order valence-electron chi connectivity index (χ0n) is 11.0. The fraction of sp³-hybridized carbons (Fsp3) is 0.143. The number of rotatable bonds is 3. The van der Waals surface area contributed by atoms with Gasteiger partial charge in [-0.3, -0.25) is 4.79 Å². The van der Waals surface area contributed by atoms with Crippen molar-refractivity contribution in [2.24, 2.45) is 0 Å². The van der Waals surface area contributed by atoms with E-state index in [1.807, 2.05) is 0 Å². The maximum Gasteiger partial charge on any atom is 0.274 e. The molecule has 2 rings (SSSR count). The summed E-state index contributed by atoms with van der Waals surface area (Å²) in [5.41, 5.74) is 1.45. The van der Waals surface area contributed by atoms with Gasteiger partial charge in [-0.15, -0.1) is 0 Å². The second kappa shape index (κ2) is 6.00. The van der Waals surface area contributed by atoms with E-state index in [2.05, 4.69) is 31.5 Å². The van der Waals surface area contributed by atoms with Crippen molar-refractivity contribution < 1.29 is 9.18 Å². The Balaban J connectivity index is 2.25. The average Bonchev–Trinajstić information content (AvgIpc) is 2.44. The van der Waals surface area contributed by atoms with Gasteiger partial charge in [-0.2, -0.15) is 0 Å². The zero-order chi connectivity index (χ0) is 14.7. The largest absolute Gasteiger partial charge is 0.373 e. The zero-order valence-corrected chi connectivity index (χ0v) is 12.6. The van der Waals surface area contributed by atoms with E-state index >= 15 is 0 Å². The summed E-state index contributed by atoms with van der Waals surface area (Å²) in [4.78, 5) is 16.2. The molecule has 1 aromatic heterocycles. The number of aryl methyl sites for hydroxylation is 1. The van der Waals surface area contributed by atoms with Gasteiger partial charge in [-0.05, 0) is 52.7 Å². The summed E-state index contributed by atoms with van der Waals surface area (Å²) in [7, 11) is 1.72. The van der Waals surface area contributed by atoms with Gasteiger partial charge in [0.25, 0.3) is 5.91 Å². The van der Waals surface area contributed by atoms with Crippen LogP contribution in [0.3, 0.4) is 0 Å². The fourth-order valence-electron chi connectivity index (χ4n) is 1.67. The molecule has 4 nitrogen and oxygen atoms in total. The molecule has 0 saturated heterocycles. The molecule has 2 N–H and O–H groups in total. The number of carbonyl (C=O) groups is 1. The van der Waals surface area contributed by atoms with Crippen molar-refractivity contribution in [1.29, 1.82) is 0 Å². The highest BCUT2D eigenvalue weighted by Gasteiger charge is 2.11. The van der Waals surface area contributed by atoms with E-state index in [1.54, 1.807) is 38.2 Å². The topological polar surface area (TPSA) is 54.0 Å². The molecule has 1 heterocycles. The monoisotopic (exact) mass is 337 g/mol. The lowest BCUT2D eigenvalue weighted by molar-refractivity contribution is 0.102. The van der Waals surface area contributed by atoms with Crippen LogP contribution in [0.2, 0.25) is 0 Å². The summed E-state index contributed by atoms with van der Waals surface area (Å²) < 4.78 is 13.9. The van der Waals surface area contributed by atoms with Crippen LogP contribution in [0.1, 0.15) is 16.1 Å². The molecule has 0 aliphatic heterocycles. The Morgan fingerprint density at radius 2 is 2.10 bits per heavy atom.